The van der Waals surface area contributed by atoms with Crippen molar-refractivity contribution < 1.29 is 14.6 Å². The number of benzene rings is 2. The van der Waals surface area contributed by atoms with Crippen LogP contribution in [0.4, 0.5) is 0 Å². The molecule has 0 spiro atoms. The summed E-state index contributed by atoms with van der Waals surface area (Å²) in [5, 5.41) is 12.8. The molecule has 2 aliphatic carbocycles. The van der Waals surface area contributed by atoms with Crippen LogP contribution in [0.5, 0.6) is 0 Å². The van der Waals surface area contributed by atoms with Crippen molar-refractivity contribution in [3.8, 4) is 0 Å². The maximum atomic E-state index is 12.8. The van der Waals surface area contributed by atoms with Crippen molar-refractivity contribution >= 4 is 5.97 Å². The fourth-order valence-corrected chi connectivity index (χ4v) is 6.42. The zero-order valence-electron chi connectivity index (χ0n) is 19.0. The largest absolute Gasteiger partial charge is 0.458 e. The van der Waals surface area contributed by atoms with Gasteiger partial charge in [-0.15, -0.1) is 0 Å². The average molecular weight is 419 g/mol. The van der Waals surface area contributed by atoms with Crippen LogP contribution in [0.1, 0.15) is 58.1 Å². The third-order valence-corrected chi connectivity index (χ3v) is 8.01. The molecular formula is C28H34O3. The zero-order chi connectivity index (χ0) is 22.3. The van der Waals surface area contributed by atoms with Crippen LogP contribution in [0.25, 0.3) is 0 Å². The number of hydrogen-bond acceptors (Lipinski definition) is 3. The number of fused-ring (bicyclic) bond motifs is 2. The molecule has 31 heavy (non-hydrogen) atoms. The highest BCUT2D eigenvalue weighted by molar-refractivity contribution is 5.82. The Hall–Kier alpha value is -2.39. The van der Waals surface area contributed by atoms with E-state index in [2.05, 4.69) is 13.8 Å². The summed E-state index contributed by atoms with van der Waals surface area (Å²) >= 11 is 0. The van der Waals surface area contributed by atoms with E-state index < -0.39 is 11.0 Å². The normalized spacial score (nSPS) is 27.2. The van der Waals surface area contributed by atoms with Crippen LogP contribution in [0.3, 0.4) is 0 Å². The quantitative estimate of drug-likeness (QED) is 0.471. The SMILES string of the molecule is CC(C)/C=C/C(=O)O[C@@H]1C[C@H]2CC[C@]1(C(O)(c1ccccc1)c1ccccc1)C2(C)C. The molecule has 0 heterocycles. The standard InChI is InChI=1S/C28H34O3/c1-20(2)15-16-25(29)31-24-19-23-17-18-27(24,26(23,3)4)28(30,21-11-7-5-8-12-21)22-13-9-6-10-14-22/h5-16,20,23-24,30H,17-19H2,1-4H3/b16-15+/t23-,24-,27-/m1/s1. The molecule has 3 atom stereocenters. The van der Waals surface area contributed by atoms with E-state index in [0.717, 1.165) is 30.4 Å². The summed E-state index contributed by atoms with van der Waals surface area (Å²) < 4.78 is 6.14. The number of carbonyl (C=O) groups is 1. The summed E-state index contributed by atoms with van der Waals surface area (Å²) in [4.78, 5) is 12.7. The van der Waals surface area contributed by atoms with Gasteiger partial charge in [0, 0.05) is 11.5 Å². The molecule has 3 heteroatoms. The van der Waals surface area contributed by atoms with E-state index in [1.165, 1.54) is 0 Å². The van der Waals surface area contributed by atoms with Gasteiger partial charge in [0.1, 0.15) is 11.7 Å². The summed E-state index contributed by atoms with van der Waals surface area (Å²) in [6, 6.07) is 19.8. The molecule has 0 radical (unpaired) electrons. The molecular weight excluding hydrogens is 384 g/mol. The van der Waals surface area contributed by atoms with E-state index in [0.29, 0.717) is 5.92 Å². The van der Waals surface area contributed by atoms with Crippen molar-refractivity contribution in [2.75, 3.05) is 0 Å². The average Bonchev–Trinajstić information content (AvgIpc) is 3.15. The number of carbonyl (C=O) groups excluding carboxylic acids is 1. The molecule has 2 aliphatic rings. The summed E-state index contributed by atoms with van der Waals surface area (Å²) in [7, 11) is 0. The maximum absolute atomic E-state index is 12.8. The molecule has 0 aliphatic heterocycles. The fraction of sp³-hybridized carbons (Fsp3) is 0.464. The van der Waals surface area contributed by atoms with E-state index in [9.17, 15) is 9.90 Å². The summed E-state index contributed by atoms with van der Waals surface area (Å²) in [6.07, 6.45) is 5.70. The van der Waals surface area contributed by atoms with Crippen molar-refractivity contribution in [1.29, 1.82) is 0 Å². The summed E-state index contributed by atoms with van der Waals surface area (Å²) in [5.74, 6) is 0.367. The number of rotatable bonds is 6. The van der Waals surface area contributed by atoms with Gasteiger partial charge in [0.2, 0.25) is 0 Å². The number of aliphatic hydroxyl groups is 1. The highest BCUT2D eigenvalue weighted by atomic mass is 16.5. The van der Waals surface area contributed by atoms with Crippen LogP contribution in [-0.2, 0) is 15.1 Å². The fourth-order valence-electron chi connectivity index (χ4n) is 6.42. The predicted molar refractivity (Wildman–Crippen MR) is 123 cm³/mol. The third-order valence-electron chi connectivity index (χ3n) is 8.01. The monoisotopic (exact) mass is 418 g/mol. The lowest BCUT2D eigenvalue weighted by Crippen LogP contribution is -2.57. The molecule has 0 aromatic heterocycles. The number of hydrogen-bond donors (Lipinski definition) is 1. The van der Waals surface area contributed by atoms with Crippen molar-refractivity contribution in [1.82, 2.24) is 0 Å². The van der Waals surface area contributed by atoms with Crippen LogP contribution < -0.4 is 0 Å². The molecule has 2 aromatic rings. The van der Waals surface area contributed by atoms with E-state index in [1.807, 2.05) is 80.6 Å². The molecule has 2 fully saturated rings. The van der Waals surface area contributed by atoms with Crippen LogP contribution >= 0.6 is 0 Å². The lowest BCUT2D eigenvalue weighted by Gasteiger charge is -2.53. The molecule has 4 rings (SSSR count). The van der Waals surface area contributed by atoms with Gasteiger partial charge in [0.05, 0.1) is 0 Å². The molecule has 164 valence electrons. The first-order valence-electron chi connectivity index (χ1n) is 11.5. The first kappa shape index (κ1) is 21.8. The maximum Gasteiger partial charge on any atom is 0.330 e. The molecule has 0 saturated heterocycles. The minimum atomic E-state index is -1.27. The highest BCUT2D eigenvalue weighted by Gasteiger charge is 2.74. The minimum Gasteiger partial charge on any atom is -0.458 e. The van der Waals surface area contributed by atoms with E-state index in [-0.39, 0.29) is 23.4 Å². The lowest BCUT2D eigenvalue weighted by atomic mass is 9.54. The van der Waals surface area contributed by atoms with Gasteiger partial charge in [-0.05, 0) is 47.6 Å². The molecule has 2 aromatic carbocycles. The Morgan fingerprint density at radius 2 is 1.61 bits per heavy atom. The van der Waals surface area contributed by atoms with Crippen molar-refractivity contribution in [3.05, 3.63) is 83.9 Å². The molecule has 0 amide bonds. The van der Waals surface area contributed by atoms with Gasteiger partial charge < -0.3 is 9.84 Å². The molecule has 2 bridgehead atoms. The van der Waals surface area contributed by atoms with Gasteiger partial charge in [-0.1, -0.05) is 94.4 Å². The number of allylic oxidation sites excluding steroid dienone is 1. The van der Waals surface area contributed by atoms with Crippen molar-refractivity contribution in [2.24, 2.45) is 22.7 Å². The van der Waals surface area contributed by atoms with E-state index in [1.54, 1.807) is 6.08 Å². The Morgan fingerprint density at radius 1 is 1.06 bits per heavy atom. The minimum absolute atomic E-state index is 0.194. The van der Waals surface area contributed by atoms with E-state index >= 15 is 0 Å². The molecule has 3 nitrogen and oxygen atoms in total. The Balaban J connectivity index is 1.87. The lowest BCUT2D eigenvalue weighted by molar-refractivity contribution is -0.180. The smallest absolute Gasteiger partial charge is 0.330 e. The summed E-state index contributed by atoms with van der Waals surface area (Å²) in [6.45, 7) is 8.57. The molecule has 0 unspecified atom stereocenters. The van der Waals surface area contributed by atoms with E-state index in [4.69, 9.17) is 4.74 Å². The van der Waals surface area contributed by atoms with Crippen molar-refractivity contribution in [2.45, 2.75) is 58.7 Å². The van der Waals surface area contributed by atoms with Crippen LogP contribution in [0.15, 0.2) is 72.8 Å². The zero-order valence-corrected chi connectivity index (χ0v) is 19.0. The topological polar surface area (TPSA) is 46.5 Å². The van der Waals surface area contributed by atoms with Gasteiger partial charge in [-0.3, -0.25) is 0 Å². The second kappa shape index (κ2) is 7.94. The summed E-state index contributed by atoms with van der Waals surface area (Å²) in [5.41, 5.74) is -0.363. The number of ether oxygens (including phenoxy) is 1. The number of esters is 1. The van der Waals surface area contributed by atoms with Gasteiger partial charge >= 0.3 is 5.97 Å². The molecule has 1 N–H and O–H groups in total. The highest BCUT2D eigenvalue weighted by Crippen LogP contribution is 2.73. The van der Waals surface area contributed by atoms with Gasteiger partial charge in [0.25, 0.3) is 0 Å². The first-order valence-corrected chi connectivity index (χ1v) is 11.5. The second-order valence-corrected chi connectivity index (χ2v) is 10.1. The van der Waals surface area contributed by atoms with Gasteiger partial charge in [-0.25, -0.2) is 4.79 Å². The van der Waals surface area contributed by atoms with Crippen LogP contribution in [0.2, 0.25) is 0 Å². The Morgan fingerprint density at radius 3 is 2.10 bits per heavy atom. The van der Waals surface area contributed by atoms with Gasteiger partial charge in [-0.2, -0.15) is 0 Å². The Bertz CT molecular complexity index is 905. The van der Waals surface area contributed by atoms with Gasteiger partial charge in [0.15, 0.2) is 0 Å². The molecule has 2 saturated carbocycles. The van der Waals surface area contributed by atoms with Crippen molar-refractivity contribution in [3.63, 3.8) is 0 Å². The Kier molecular flexibility index (Phi) is 5.59. The Labute approximate surface area is 186 Å². The predicted octanol–water partition coefficient (Wildman–Crippen LogP) is 5.87. The van der Waals surface area contributed by atoms with Crippen LogP contribution in [0, 0.1) is 22.7 Å². The second-order valence-electron chi connectivity index (χ2n) is 10.1. The third kappa shape index (κ3) is 3.25. The first-order chi connectivity index (χ1) is 14.7. The van der Waals surface area contributed by atoms with Crippen LogP contribution in [-0.4, -0.2) is 17.2 Å².